The van der Waals surface area contributed by atoms with Gasteiger partial charge >= 0.3 is 0 Å². The van der Waals surface area contributed by atoms with Gasteiger partial charge in [0.25, 0.3) is 0 Å². The molecule has 0 aliphatic carbocycles. The topological polar surface area (TPSA) is 26.0 Å². The van der Waals surface area contributed by atoms with Gasteiger partial charge in [0.15, 0.2) is 7.41 Å². The molecule has 0 rings (SSSR count). The van der Waals surface area contributed by atoms with Gasteiger partial charge in [-0.05, 0) is 0 Å². The van der Waals surface area contributed by atoms with Crippen LogP contribution in [0.25, 0.3) is 0 Å². The molecule has 0 saturated carbocycles. The molecule has 0 unspecified atom stereocenters. The van der Waals surface area contributed by atoms with Crippen molar-refractivity contribution in [1.82, 2.24) is 0 Å². The molecule has 0 spiro atoms. The molecule has 0 aromatic rings. The molecule has 0 aliphatic heterocycles. The van der Waals surface area contributed by atoms with Crippen LogP contribution in [0.1, 0.15) is 0 Å². The number of hydrogen-bond donors (Lipinski definition) is 1. The molecule has 0 atom stereocenters. The minimum absolute atomic E-state index is 0.662. The van der Waals surface area contributed by atoms with E-state index in [-0.39, 0.29) is 0 Å². The zero-order valence-corrected chi connectivity index (χ0v) is 3.86. The maximum Gasteiger partial charge on any atom is 0.185 e. The first-order chi connectivity index (χ1) is 2.27. The highest BCUT2D eigenvalue weighted by atomic mass is 14.3. The summed E-state index contributed by atoms with van der Waals surface area (Å²) in [5, 5.41) is 0. The van der Waals surface area contributed by atoms with Crippen LogP contribution in [0, 0.1) is 0 Å². The molecule has 0 saturated heterocycles. The number of rotatable bonds is 1. The molecule has 0 bridgehead atoms. The van der Waals surface area contributed by atoms with E-state index in [0.29, 0.717) is 5.62 Å². The normalized spacial score (nSPS) is 8.40. The first kappa shape index (κ1) is 5.15. The van der Waals surface area contributed by atoms with E-state index in [0.717, 1.165) is 7.41 Å². The maximum absolute atomic E-state index is 5.17. The Morgan fingerprint density at radius 2 is 1.80 bits per heavy atom. The first-order valence-corrected chi connectivity index (χ1v) is 1.97. The van der Waals surface area contributed by atoms with Crippen molar-refractivity contribution in [3.05, 3.63) is 0 Å². The van der Waals surface area contributed by atoms with Crippen molar-refractivity contribution in [3.63, 3.8) is 0 Å². The fraction of sp³-hybridized carbons (Fsp3) is 1.00. The molecule has 0 aromatic heterocycles. The van der Waals surface area contributed by atoms with Gasteiger partial charge in [-0.25, -0.2) is 0 Å². The Kier molecular flexibility index (Phi) is 2.47. The predicted molar refractivity (Wildman–Crippen MR) is 32.2 cm³/mol. The maximum atomic E-state index is 5.17. The van der Waals surface area contributed by atoms with Gasteiger partial charge in [-0.3, -0.25) is 0 Å². The molecular weight excluding hydrogens is 58.5 g/mol. The van der Waals surface area contributed by atoms with E-state index in [1.54, 1.807) is 0 Å². The van der Waals surface area contributed by atoms with Crippen molar-refractivity contribution in [2.45, 2.75) is 5.62 Å². The van der Waals surface area contributed by atoms with Gasteiger partial charge in [-0.2, -0.15) is 0 Å². The lowest BCUT2D eigenvalue weighted by atomic mass is 9.52. The summed E-state index contributed by atoms with van der Waals surface area (Å²) >= 11 is 0. The Balaban J connectivity index is 2.54. The third-order valence-electron chi connectivity index (χ3n) is 0.471. The molecule has 0 aliphatic rings. The summed E-state index contributed by atoms with van der Waals surface area (Å²) < 4.78 is 0. The lowest BCUT2D eigenvalue weighted by Gasteiger charge is -1.86. The zero-order chi connectivity index (χ0) is 4.28. The highest BCUT2D eigenvalue weighted by Gasteiger charge is 1.85. The second-order valence-electron chi connectivity index (χ2n) is 1.63. The summed E-state index contributed by atoms with van der Waals surface area (Å²) in [6, 6.07) is 0. The van der Waals surface area contributed by atoms with Crippen molar-refractivity contribution in [2.75, 3.05) is 0 Å². The molecule has 4 heteroatoms. The van der Waals surface area contributed by atoms with Crippen molar-refractivity contribution < 1.29 is 0 Å². The second-order valence-corrected chi connectivity index (χ2v) is 1.63. The van der Waals surface area contributed by atoms with Crippen LogP contribution in [0.3, 0.4) is 0 Å². The Morgan fingerprint density at radius 1 is 1.60 bits per heavy atom. The fourth-order valence-electron chi connectivity index (χ4n) is 0. The van der Waals surface area contributed by atoms with Gasteiger partial charge < -0.3 is 5.64 Å². The second kappa shape index (κ2) is 2.40. The Bertz CT molecular complexity index is 20.9. The Labute approximate surface area is 35.4 Å². The Morgan fingerprint density at radius 3 is 1.80 bits per heavy atom. The van der Waals surface area contributed by atoms with Crippen LogP contribution in [-0.2, 0) is 0 Å². The minimum Gasteiger partial charge on any atom is -0.373 e. The van der Waals surface area contributed by atoms with E-state index >= 15 is 0 Å². The number of nitrogens with two attached hydrogens (primary N) is 1. The average molecular weight is 66.5 g/mol. The van der Waals surface area contributed by atoms with Gasteiger partial charge in [0.1, 0.15) is 0 Å². The van der Waals surface area contributed by atoms with E-state index in [1.165, 1.54) is 0 Å². The Hall–Kier alpha value is 0.155. The highest BCUT2D eigenvalue weighted by Crippen LogP contribution is 1.73. The van der Waals surface area contributed by atoms with Gasteiger partial charge in [0.05, 0.1) is 15.7 Å². The van der Waals surface area contributed by atoms with Crippen LogP contribution >= 0.6 is 0 Å². The van der Waals surface area contributed by atoms with Crippen molar-refractivity contribution in [1.29, 1.82) is 0 Å². The summed E-state index contributed by atoms with van der Waals surface area (Å²) in [5.74, 6) is 0. The largest absolute Gasteiger partial charge is 0.373 e. The predicted octanol–water partition coefficient (Wildman–Crippen LogP) is -2.73. The first-order valence-electron chi connectivity index (χ1n) is 1.97. The van der Waals surface area contributed by atoms with Crippen molar-refractivity contribution in [2.24, 2.45) is 5.64 Å². The van der Waals surface area contributed by atoms with Crippen LogP contribution in [0.15, 0.2) is 0 Å². The minimum atomic E-state index is 0.662. The van der Waals surface area contributed by atoms with Gasteiger partial charge in [-0.15, -0.1) is 5.62 Å². The molecule has 5 heavy (non-hydrogen) atoms. The molecule has 0 aromatic carbocycles. The molecule has 1 nitrogen and oxygen atoms in total. The van der Waals surface area contributed by atoms with Gasteiger partial charge in [-0.1, -0.05) is 0 Å². The molecule has 0 heterocycles. The van der Waals surface area contributed by atoms with Crippen LogP contribution < -0.4 is 5.64 Å². The molecular formula is CH8B3N. The van der Waals surface area contributed by atoms with Crippen LogP contribution in [0.4, 0.5) is 0 Å². The summed E-state index contributed by atoms with van der Waals surface area (Å²) in [5.41, 5.74) is 5.83. The monoisotopic (exact) mass is 67.1 g/mol. The van der Waals surface area contributed by atoms with E-state index in [4.69, 9.17) is 5.64 Å². The molecule has 26 valence electrons. The van der Waals surface area contributed by atoms with Crippen molar-refractivity contribution in [3.8, 4) is 0 Å². The molecule has 0 radical (unpaired) electrons. The van der Waals surface area contributed by atoms with Crippen molar-refractivity contribution >= 4 is 23.1 Å². The average Bonchev–Trinajstić information content (AvgIpc) is 1.38. The number of hydrogen-bond acceptors (Lipinski definition) is 1. The highest BCUT2D eigenvalue weighted by molar-refractivity contribution is 6.61. The lowest BCUT2D eigenvalue weighted by Crippen LogP contribution is -2.12. The molecule has 0 amide bonds. The summed E-state index contributed by atoms with van der Waals surface area (Å²) in [6.07, 6.45) is 0. The van der Waals surface area contributed by atoms with Crippen LogP contribution in [0.5, 0.6) is 0 Å². The lowest BCUT2D eigenvalue weighted by molar-refractivity contribution is 1.73. The summed E-state index contributed by atoms with van der Waals surface area (Å²) in [6.45, 7) is 0. The fourth-order valence-corrected chi connectivity index (χ4v) is 0. The summed E-state index contributed by atoms with van der Waals surface area (Å²) in [7, 11) is 5.00. The quantitative estimate of drug-likeness (QED) is 0.331. The van der Waals surface area contributed by atoms with E-state index in [9.17, 15) is 0 Å². The van der Waals surface area contributed by atoms with E-state index < -0.39 is 0 Å². The third kappa shape index (κ3) is 4.15. The molecule has 2 N–H and O–H groups in total. The SMILES string of the molecule is BC(B)BN. The van der Waals surface area contributed by atoms with Crippen LogP contribution in [-0.4, -0.2) is 23.1 Å². The summed E-state index contributed by atoms with van der Waals surface area (Å²) in [4.78, 5) is 0. The van der Waals surface area contributed by atoms with Gasteiger partial charge in [0.2, 0.25) is 0 Å². The smallest absolute Gasteiger partial charge is 0.185 e. The van der Waals surface area contributed by atoms with Crippen LogP contribution in [0.2, 0.25) is 5.62 Å². The third-order valence-corrected chi connectivity index (χ3v) is 0.471. The van der Waals surface area contributed by atoms with E-state index in [2.05, 4.69) is 15.7 Å². The van der Waals surface area contributed by atoms with E-state index in [1.807, 2.05) is 0 Å². The molecule has 0 fully saturated rings. The van der Waals surface area contributed by atoms with Gasteiger partial charge in [0, 0.05) is 0 Å². The zero-order valence-electron chi connectivity index (χ0n) is 3.86. The standard InChI is InChI=1S/CH8B3N/c2-1(3)4-5/h1,4H,2-3,5H2.